The molecular weight excluding hydrogens is 287 g/mol. The predicted molar refractivity (Wildman–Crippen MR) is 66.6 cm³/mol. The van der Waals surface area contributed by atoms with Gasteiger partial charge in [0.1, 0.15) is 6.61 Å². The van der Waals surface area contributed by atoms with Gasteiger partial charge in [0.25, 0.3) is 0 Å². The molecule has 0 aliphatic heterocycles. The van der Waals surface area contributed by atoms with Gasteiger partial charge in [0.15, 0.2) is 11.6 Å². The van der Waals surface area contributed by atoms with E-state index < -0.39 is 0 Å². The molecule has 0 saturated heterocycles. The van der Waals surface area contributed by atoms with Crippen LogP contribution in [0.4, 0.5) is 4.39 Å². The first kappa shape index (κ1) is 12.1. The second-order valence-electron chi connectivity index (χ2n) is 3.67. The van der Waals surface area contributed by atoms with Crippen LogP contribution in [-0.4, -0.2) is 9.78 Å². The maximum Gasteiger partial charge on any atom is 0.165 e. The Morgan fingerprint density at radius 3 is 2.82 bits per heavy atom. The third kappa shape index (κ3) is 3.06. The molecule has 0 spiro atoms. The van der Waals surface area contributed by atoms with Gasteiger partial charge in [-0.2, -0.15) is 5.10 Å². The fraction of sp³-hybridized carbons (Fsp3) is 0.250. The predicted octanol–water partition coefficient (Wildman–Crippen LogP) is 3.03. The number of nitrogens with zero attached hydrogens (tertiary/aromatic N) is 2. The molecule has 0 aliphatic carbocycles. The minimum absolute atomic E-state index is 0.250. The Bertz CT molecular complexity index is 513. The van der Waals surface area contributed by atoms with Gasteiger partial charge in [-0.25, -0.2) is 4.39 Å². The Balaban J connectivity index is 2.04. The average molecular weight is 299 g/mol. The van der Waals surface area contributed by atoms with Gasteiger partial charge in [-0.15, -0.1) is 0 Å². The highest BCUT2D eigenvalue weighted by Gasteiger charge is 2.05. The molecule has 0 atom stereocenters. The molecular formula is C12H12BrFN2O. The number of hydrogen-bond donors (Lipinski definition) is 0. The van der Waals surface area contributed by atoms with Crippen molar-refractivity contribution in [2.75, 3.05) is 0 Å². The first-order chi connectivity index (χ1) is 8.19. The minimum Gasteiger partial charge on any atom is -0.484 e. The fourth-order valence-electron chi connectivity index (χ4n) is 1.44. The lowest BCUT2D eigenvalue weighted by molar-refractivity contribution is 0.284. The first-order valence-electron chi connectivity index (χ1n) is 5.15. The highest BCUT2D eigenvalue weighted by molar-refractivity contribution is 9.08. The molecule has 1 aromatic heterocycles. The summed E-state index contributed by atoms with van der Waals surface area (Å²) in [5.41, 5.74) is 1.66. The lowest BCUT2D eigenvalue weighted by Gasteiger charge is -2.06. The summed E-state index contributed by atoms with van der Waals surface area (Å²) in [5, 5.41) is 4.78. The van der Waals surface area contributed by atoms with Crippen LogP contribution in [0.2, 0.25) is 0 Å². The molecule has 0 saturated carbocycles. The van der Waals surface area contributed by atoms with Gasteiger partial charge in [0.05, 0.1) is 5.69 Å². The van der Waals surface area contributed by atoms with Crippen molar-refractivity contribution in [2.45, 2.75) is 11.9 Å². The summed E-state index contributed by atoms with van der Waals surface area (Å²) >= 11 is 3.27. The highest BCUT2D eigenvalue weighted by Crippen LogP contribution is 2.20. The van der Waals surface area contributed by atoms with Crippen LogP contribution < -0.4 is 4.74 Å². The van der Waals surface area contributed by atoms with E-state index in [-0.39, 0.29) is 18.2 Å². The van der Waals surface area contributed by atoms with E-state index in [2.05, 4.69) is 21.0 Å². The molecule has 0 amide bonds. The number of benzene rings is 1. The quantitative estimate of drug-likeness (QED) is 0.811. The van der Waals surface area contributed by atoms with Crippen LogP contribution in [0.15, 0.2) is 30.5 Å². The molecule has 0 unspecified atom stereocenters. The number of aromatic nitrogens is 2. The zero-order valence-electron chi connectivity index (χ0n) is 9.36. The van der Waals surface area contributed by atoms with Gasteiger partial charge in [-0.3, -0.25) is 4.68 Å². The molecule has 2 rings (SSSR count). The molecule has 2 aromatic rings. The summed E-state index contributed by atoms with van der Waals surface area (Å²) in [6.45, 7) is 0.269. The van der Waals surface area contributed by atoms with Crippen molar-refractivity contribution in [3.05, 3.63) is 47.5 Å². The lowest BCUT2D eigenvalue weighted by Crippen LogP contribution is -1.99. The summed E-state index contributed by atoms with van der Waals surface area (Å²) in [6.07, 6.45) is 1.82. The second-order valence-corrected chi connectivity index (χ2v) is 4.23. The van der Waals surface area contributed by atoms with Crippen molar-refractivity contribution >= 4 is 15.9 Å². The van der Waals surface area contributed by atoms with Gasteiger partial charge in [-0.05, 0) is 23.8 Å². The Kier molecular flexibility index (Phi) is 3.78. The summed E-state index contributed by atoms with van der Waals surface area (Å²) in [6, 6.07) is 6.76. The van der Waals surface area contributed by atoms with Crippen LogP contribution >= 0.6 is 15.9 Å². The summed E-state index contributed by atoms with van der Waals surface area (Å²) in [4.78, 5) is 0. The molecule has 1 aromatic carbocycles. The van der Waals surface area contributed by atoms with Crippen molar-refractivity contribution < 1.29 is 9.13 Å². The molecule has 0 N–H and O–H groups in total. The zero-order valence-corrected chi connectivity index (χ0v) is 10.9. The number of halogens is 2. The third-order valence-electron chi connectivity index (χ3n) is 2.29. The van der Waals surface area contributed by atoms with Gasteiger partial charge >= 0.3 is 0 Å². The standard InChI is InChI=1S/C12H12BrFN2O/c1-16-5-4-10(15-16)8-17-12-3-2-9(7-13)6-11(12)14/h2-6H,7-8H2,1H3. The third-order valence-corrected chi connectivity index (χ3v) is 2.94. The summed E-state index contributed by atoms with van der Waals surface area (Å²) in [7, 11) is 1.83. The molecule has 90 valence electrons. The van der Waals surface area contributed by atoms with Gasteiger partial charge < -0.3 is 4.74 Å². The largest absolute Gasteiger partial charge is 0.484 e. The normalized spacial score (nSPS) is 10.5. The van der Waals surface area contributed by atoms with Gasteiger partial charge in [0, 0.05) is 18.6 Å². The monoisotopic (exact) mass is 298 g/mol. The fourth-order valence-corrected chi connectivity index (χ4v) is 1.79. The zero-order chi connectivity index (χ0) is 12.3. The van der Waals surface area contributed by atoms with Crippen LogP contribution in [0.1, 0.15) is 11.3 Å². The lowest BCUT2D eigenvalue weighted by atomic mass is 10.2. The van der Waals surface area contributed by atoms with Crippen LogP contribution in [0.5, 0.6) is 5.75 Å². The second kappa shape index (κ2) is 5.31. The summed E-state index contributed by atoms with van der Waals surface area (Å²) in [5.74, 6) is -0.0989. The van der Waals surface area contributed by atoms with Crippen molar-refractivity contribution in [3.63, 3.8) is 0 Å². The maximum atomic E-state index is 13.6. The molecule has 0 aliphatic rings. The number of ether oxygens (including phenoxy) is 1. The Morgan fingerprint density at radius 2 is 2.24 bits per heavy atom. The van der Waals surface area contributed by atoms with Gasteiger partial charge in [0.2, 0.25) is 0 Å². The van der Waals surface area contributed by atoms with Crippen molar-refractivity contribution in [1.29, 1.82) is 0 Å². The number of aryl methyl sites for hydroxylation is 1. The van der Waals surface area contributed by atoms with E-state index >= 15 is 0 Å². The molecule has 5 heteroatoms. The molecule has 0 bridgehead atoms. The van der Waals surface area contributed by atoms with Crippen LogP contribution in [0.25, 0.3) is 0 Å². The van der Waals surface area contributed by atoms with E-state index in [0.717, 1.165) is 11.3 Å². The Morgan fingerprint density at radius 1 is 1.41 bits per heavy atom. The molecule has 1 heterocycles. The molecule has 17 heavy (non-hydrogen) atoms. The number of hydrogen-bond acceptors (Lipinski definition) is 2. The highest BCUT2D eigenvalue weighted by atomic mass is 79.9. The topological polar surface area (TPSA) is 27.1 Å². The Labute approximate surface area is 107 Å². The van der Waals surface area contributed by atoms with E-state index in [1.807, 2.05) is 25.4 Å². The smallest absolute Gasteiger partial charge is 0.165 e. The van der Waals surface area contributed by atoms with Crippen LogP contribution in [0, 0.1) is 5.82 Å². The van der Waals surface area contributed by atoms with Crippen molar-refractivity contribution in [2.24, 2.45) is 7.05 Å². The first-order valence-corrected chi connectivity index (χ1v) is 6.27. The van der Waals surface area contributed by atoms with E-state index in [0.29, 0.717) is 5.33 Å². The SMILES string of the molecule is Cn1ccc(COc2ccc(CBr)cc2F)n1. The van der Waals surface area contributed by atoms with Crippen LogP contribution in [0.3, 0.4) is 0 Å². The van der Waals surface area contributed by atoms with Crippen molar-refractivity contribution in [1.82, 2.24) is 9.78 Å². The van der Waals surface area contributed by atoms with Gasteiger partial charge in [-0.1, -0.05) is 22.0 Å². The minimum atomic E-state index is -0.349. The molecule has 3 nitrogen and oxygen atoms in total. The maximum absolute atomic E-state index is 13.6. The van der Waals surface area contributed by atoms with E-state index in [4.69, 9.17) is 4.74 Å². The average Bonchev–Trinajstić information content (AvgIpc) is 2.73. The van der Waals surface area contributed by atoms with Crippen LogP contribution in [-0.2, 0) is 19.0 Å². The van der Waals surface area contributed by atoms with E-state index in [9.17, 15) is 4.39 Å². The Hall–Kier alpha value is -1.36. The summed E-state index contributed by atoms with van der Waals surface area (Å²) < 4.78 is 20.6. The number of rotatable bonds is 4. The van der Waals surface area contributed by atoms with E-state index in [1.54, 1.807) is 10.7 Å². The molecule has 0 fully saturated rings. The number of alkyl halides is 1. The van der Waals surface area contributed by atoms with Crippen molar-refractivity contribution in [3.8, 4) is 5.75 Å². The molecule has 0 radical (unpaired) electrons. The van der Waals surface area contributed by atoms with E-state index in [1.165, 1.54) is 6.07 Å².